The fourth-order valence-corrected chi connectivity index (χ4v) is 4.19. The average Bonchev–Trinajstić information content (AvgIpc) is 2.73. The van der Waals surface area contributed by atoms with Gasteiger partial charge in [0.15, 0.2) is 12.4 Å². The van der Waals surface area contributed by atoms with Crippen molar-refractivity contribution in [1.82, 2.24) is 0 Å². The zero-order valence-corrected chi connectivity index (χ0v) is 12.6. The first kappa shape index (κ1) is 13.6. The molecule has 2 fully saturated rings. The Hall–Kier alpha value is -1.38. The first-order valence-corrected chi connectivity index (χ1v) is 7.57. The van der Waals surface area contributed by atoms with Crippen LogP contribution in [0.2, 0.25) is 0 Å². The maximum absolute atomic E-state index is 12.2. The molecule has 3 nitrogen and oxygen atoms in total. The zero-order chi connectivity index (χ0) is 14.4. The highest BCUT2D eigenvalue weighted by atomic mass is 16.5. The van der Waals surface area contributed by atoms with Crippen molar-refractivity contribution >= 4 is 5.97 Å². The fraction of sp³-hybridized carbons (Fsp3) is 0.647. The van der Waals surface area contributed by atoms with Crippen molar-refractivity contribution in [1.29, 1.82) is 0 Å². The predicted molar refractivity (Wildman–Crippen MR) is 75.7 cm³/mol. The SMILES string of the molecule is CC1(C)[C@H]2CC[C@@]1(C)[C@H](OC(=O)C[n+]1ccccc1)C2. The molecule has 3 atom stereocenters. The Bertz CT molecular complexity index is 511. The van der Waals surface area contributed by atoms with E-state index in [2.05, 4.69) is 20.8 Å². The molecule has 0 amide bonds. The summed E-state index contributed by atoms with van der Waals surface area (Å²) in [6.07, 6.45) is 7.38. The number of carbonyl (C=O) groups excluding carboxylic acids is 1. The summed E-state index contributed by atoms with van der Waals surface area (Å²) in [6.45, 7) is 7.28. The molecule has 0 spiro atoms. The van der Waals surface area contributed by atoms with E-state index in [1.54, 1.807) is 0 Å². The molecule has 2 aliphatic carbocycles. The van der Waals surface area contributed by atoms with E-state index in [1.165, 1.54) is 12.8 Å². The van der Waals surface area contributed by atoms with Crippen LogP contribution in [0.3, 0.4) is 0 Å². The standard InChI is InChI=1S/C17H24NO2/c1-16(2)13-7-8-17(16,3)14(11-13)20-15(19)12-18-9-5-4-6-10-18/h4-6,9-10,13-14H,7-8,11-12H2,1-3H3/q+1/t13-,14+,17-/m0/s1. The number of aromatic nitrogens is 1. The lowest BCUT2D eigenvalue weighted by atomic mass is 9.70. The molecule has 3 rings (SSSR count). The summed E-state index contributed by atoms with van der Waals surface area (Å²) in [7, 11) is 0. The topological polar surface area (TPSA) is 30.2 Å². The number of nitrogens with zero attached hydrogens (tertiary/aromatic N) is 1. The molecule has 1 heterocycles. The van der Waals surface area contributed by atoms with Gasteiger partial charge >= 0.3 is 5.97 Å². The third-order valence-corrected chi connectivity index (χ3v) is 6.08. The fourth-order valence-electron chi connectivity index (χ4n) is 4.19. The van der Waals surface area contributed by atoms with Gasteiger partial charge in [-0.3, -0.25) is 0 Å². The summed E-state index contributed by atoms with van der Waals surface area (Å²) >= 11 is 0. The number of carbonyl (C=O) groups is 1. The van der Waals surface area contributed by atoms with E-state index < -0.39 is 0 Å². The molecule has 0 aliphatic heterocycles. The van der Waals surface area contributed by atoms with E-state index in [1.807, 2.05) is 35.2 Å². The highest BCUT2D eigenvalue weighted by Crippen LogP contribution is 2.66. The van der Waals surface area contributed by atoms with E-state index >= 15 is 0 Å². The predicted octanol–water partition coefficient (Wildman–Crippen LogP) is 2.73. The number of rotatable bonds is 3. The van der Waals surface area contributed by atoms with Crippen LogP contribution in [0.1, 0.15) is 40.0 Å². The zero-order valence-electron chi connectivity index (χ0n) is 12.6. The van der Waals surface area contributed by atoms with Crippen LogP contribution in [0.4, 0.5) is 0 Å². The smallest absolute Gasteiger partial charge is 0.372 e. The highest BCUT2D eigenvalue weighted by molar-refractivity contribution is 5.68. The van der Waals surface area contributed by atoms with Gasteiger partial charge < -0.3 is 4.74 Å². The average molecular weight is 274 g/mol. The van der Waals surface area contributed by atoms with Crippen molar-refractivity contribution in [3.8, 4) is 0 Å². The van der Waals surface area contributed by atoms with Gasteiger partial charge in [-0.15, -0.1) is 0 Å². The van der Waals surface area contributed by atoms with E-state index in [0.29, 0.717) is 12.5 Å². The summed E-state index contributed by atoms with van der Waals surface area (Å²) in [4.78, 5) is 12.2. The second kappa shape index (κ2) is 4.57. The van der Waals surface area contributed by atoms with Gasteiger partial charge in [-0.2, -0.15) is 4.57 Å². The number of fused-ring (bicyclic) bond motifs is 2. The quantitative estimate of drug-likeness (QED) is 0.626. The molecule has 108 valence electrons. The Morgan fingerprint density at radius 2 is 1.95 bits per heavy atom. The third kappa shape index (κ3) is 1.95. The van der Waals surface area contributed by atoms with Crippen LogP contribution in [-0.2, 0) is 16.1 Å². The Morgan fingerprint density at radius 3 is 2.50 bits per heavy atom. The molecule has 3 heteroatoms. The lowest BCUT2D eigenvalue weighted by Crippen LogP contribution is -2.42. The van der Waals surface area contributed by atoms with Crippen molar-refractivity contribution in [2.24, 2.45) is 16.7 Å². The Morgan fingerprint density at radius 1 is 1.25 bits per heavy atom. The van der Waals surface area contributed by atoms with Gasteiger partial charge in [0.25, 0.3) is 0 Å². The molecule has 1 aromatic heterocycles. The van der Waals surface area contributed by atoms with Crippen molar-refractivity contribution in [3.05, 3.63) is 30.6 Å². The van der Waals surface area contributed by atoms with Gasteiger partial charge in [0.05, 0.1) is 0 Å². The highest BCUT2D eigenvalue weighted by Gasteiger charge is 2.62. The molecule has 2 saturated carbocycles. The monoisotopic (exact) mass is 274 g/mol. The van der Waals surface area contributed by atoms with E-state index in [-0.39, 0.29) is 22.9 Å². The maximum Gasteiger partial charge on any atom is 0.372 e. The number of esters is 1. The van der Waals surface area contributed by atoms with Crippen LogP contribution in [-0.4, -0.2) is 12.1 Å². The molecule has 0 saturated heterocycles. The molecular weight excluding hydrogens is 250 g/mol. The van der Waals surface area contributed by atoms with Crippen molar-refractivity contribution in [3.63, 3.8) is 0 Å². The summed E-state index contributed by atoms with van der Waals surface area (Å²) in [5.74, 6) is 0.588. The molecule has 2 aliphatic rings. The Labute approximate surface area is 121 Å². The molecule has 0 aromatic carbocycles. The molecule has 2 bridgehead atoms. The van der Waals surface area contributed by atoms with Crippen LogP contribution < -0.4 is 4.57 Å². The number of hydrogen-bond donors (Lipinski definition) is 0. The van der Waals surface area contributed by atoms with Crippen LogP contribution in [0, 0.1) is 16.7 Å². The summed E-state index contributed by atoms with van der Waals surface area (Å²) < 4.78 is 7.69. The molecule has 0 radical (unpaired) electrons. The van der Waals surface area contributed by atoms with Crippen molar-refractivity contribution < 1.29 is 14.1 Å². The lowest BCUT2D eigenvalue weighted by Gasteiger charge is -2.38. The van der Waals surface area contributed by atoms with Gasteiger partial charge in [-0.1, -0.05) is 26.8 Å². The van der Waals surface area contributed by atoms with E-state index in [9.17, 15) is 4.79 Å². The minimum Gasteiger partial charge on any atom is -0.457 e. The molecule has 0 N–H and O–H groups in total. The van der Waals surface area contributed by atoms with Gasteiger partial charge in [-0.05, 0) is 30.6 Å². The van der Waals surface area contributed by atoms with Gasteiger partial charge in [0.1, 0.15) is 6.10 Å². The van der Waals surface area contributed by atoms with E-state index in [4.69, 9.17) is 4.74 Å². The van der Waals surface area contributed by atoms with Gasteiger partial charge in [-0.25, -0.2) is 4.79 Å². The molecular formula is C17H24NO2+. The summed E-state index contributed by atoms with van der Waals surface area (Å²) in [6, 6.07) is 5.80. The molecule has 1 aromatic rings. The largest absolute Gasteiger partial charge is 0.457 e. The maximum atomic E-state index is 12.2. The van der Waals surface area contributed by atoms with Crippen molar-refractivity contribution in [2.45, 2.75) is 52.7 Å². The second-order valence-electron chi connectivity index (χ2n) is 7.14. The minimum absolute atomic E-state index is 0.0908. The number of hydrogen-bond acceptors (Lipinski definition) is 2. The summed E-state index contributed by atoms with van der Waals surface area (Å²) in [5, 5.41) is 0. The van der Waals surface area contributed by atoms with Crippen LogP contribution in [0.15, 0.2) is 30.6 Å². The molecule has 0 unspecified atom stereocenters. The van der Waals surface area contributed by atoms with Crippen molar-refractivity contribution in [2.75, 3.05) is 0 Å². The van der Waals surface area contributed by atoms with Crippen LogP contribution >= 0.6 is 0 Å². The lowest BCUT2D eigenvalue weighted by molar-refractivity contribution is -0.686. The second-order valence-corrected chi connectivity index (χ2v) is 7.14. The number of pyridine rings is 1. The van der Waals surface area contributed by atoms with Crippen LogP contribution in [0.25, 0.3) is 0 Å². The minimum atomic E-state index is -0.115. The van der Waals surface area contributed by atoms with Gasteiger partial charge in [0, 0.05) is 17.5 Å². The first-order chi connectivity index (χ1) is 9.43. The van der Waals surface area contributed by atoms with Crippen LogP contribution in [0.5, 0.6) is 0 Å². The Balaban J connectivity index is 1.66. The normalized spacial score (nSPS) is 34.1. The van der Waals surface area contributed by atoms with Gasteiger partial charge in [0.2, 0.25) is 6.54 Å². The Kier molecular flexibility index (Phi) is 3.11. The molecule has 20 heavy (non-hydrogen) atoms. The summed E-state index contributed by atoms with van der Waals surface area (Å²) in [5.41, 5.74) is 0.437. The number of ether oxygens (including phenoxy) is 1. The van der Waals surface area contributed by atoms with E-state index in [0.717, 1.165) is 6.42 Å². The first-order valence-electron chi connectivity index (χ1n) is 7.57. The third-order valence-electron chi connectivity index (χ3n) is 6.08.